The zero-order chi connectivity index (χ0) is 19.8. The van der Waals surface area contributed by atoms with Crippen LogP contribution in [0.3, 0.4) is 0 Å². The average molecular weight is 450 g/mol. The SMILES string of the molecule is Cl.O=C(Nc1cc(Cl)cc2c1[nH]c1cnccc12)[C@@H]1COCCN1C[C@H]1CCCN1. The monoisotopic (exact) mass is 449 g/mol. The number of carbonyl (C=O) groups excluding carboxylic acids is 1. The Morgan fingerprint density at radius 2 is 2.27 bits per heavy atom. The number of benzene rings is 1. The third kappa shape index (κ3) is 4.13. The molecule has 2 aliphatic rings. The maximum Gasteiger partial charge on any atom is 0.244 e. The van der Waals surface area contributed by atoms with Crippen molar-refractivity contribution in [2.45, 2.75) is 24.9 Å². The van der Waals surface area contributed by atoms with Crippen LogP contribution in [0, 0.1) is 0 Å². The molecule has 30 heavy (non-hydrogen) atoms. The molecule has 0 bridgehead atoms. The van der Waals surface area contributed by atoms with Crippen LogP contribution < -0.4 is 10.6 Å². The maximum atomic E-state index is 13.2. The summed E-state index contributed by atoms with van der Waals surface area (Å²) in [6.07, 6.45) is 5.88. The molecule has 2 aliphatic heterocycles. The minimum absolute atomic E-state index is 0. The van der Waals surface area contributed by atoms with E-state index in [1.807, 2.05) is 12.1 Å². The summed E-state index contributed by atoms with van der Waals surface area (Å²) < 4.78 is 5.63. The fraction of sp³-hybridized carbons (Fsp3) is 0.429. The van der Waals surface area contributed by atoms with Crippen molar-refractivity contribution in [3.8, 4) is 0 Å². The first-order valence-corrected chi connectivity index (χ1v) is 10.5. The lowest BCUT2D eigenvalue weighted by Gasteiger charge is -2.36. The average Bonchev–Trinajstić information content (AvgIpc) is 3.36. The Labute approximate surface area is 185 Å². The molecule has 5 rings (SSSR count). The lowest BCUT2D eigenvalue weighted by Crippen LogP contribution is -2.54. The normalized spacial score (nSPS) is 22.3. The second kappa shape index (κ2) is 9.08. The molecule has 160 valence electrons. The van der Waals surface area contributed by atoms with Crippen LogP contribution >= 0.6 is 24.0 Å². The number of rotatable bonds is 4. The van der Waals surface area contributed by atoms with E-state index in [2.05, 4.69) is 25.5 Å². The highest BCUT2D eigenvalue weighted by molar-refractivity contribution is 6.33. The summed E-state index contributed by atoms with van der Waals surface area (Å²) >= 11 is 6.37. The number of pyridine rings is 1. The molecule has 4 heterocycles. The van der Waals surface area contributed by atoms with Crippen molar-refractivity contribution in [2.75, 3.05) is 38.2 Å². The molecule has 0 radical (unpaired) electrons. The van der Waals surface area contributed by atoms with Gasteiger partial charge in [-0.2, -0.15) is 0 Å². The fourth-order valence-corrected chi connectivity index (χ4v) is 4.64. The molecule has 2 saturated heterocycles. The van der Waals surface area contributed by atoms with E-state index in [0.29, 0.717) is 30.0 Å². The van der Waals surface area contributed by atoms with Gasteiger partial charge in [0.25, 0.3) is 0 Å². The Kier molecular flexibility index (Phi) is 6.46. The van der Waals surface area contributed by atoms with E-state index in [1.54, 1.807) is 18.5 Å². The van der Waals surface area contributed by atoms with E-state index in [1.165, 1.54) is 6.42 Å². The molecule has 9 heteroatoms. The highest BCUT2D eigenvalue weighted by atomic mass is 35.5. The van der Waals surface area contributed by atoms with Gasteiger partial charge in [0.05, 0.1) is 36.1 Å². The van der Waals surface area contributed by atoms with E-state index in [0.717, 1.165) is 47.9 Å². The molecule has 2 atom stereocenters. The number of nitrogens with zero attached hydrogens (tertiary/aromatic N) is 2. The summed E-state index contributed by atoms with van der Waals surface area (Å²) in [5, 5.41) is 9.19. The molecule has 3 aromatic rings. The summed E-state index contributed by atoms with van der Waals surface area (Å²) in [5.74, 6) is -0.0666. The number of halogens is 2. The highest BCUT2D eigenvalue weighted by Gasteiger charge is 2.32. The Balaban J connectivity index is 0.00000218. The second-order valence-corrected chi connectivity index (χ2v) is 8.23. The number of ether oxygens (including phenoxy) is 1. The van der Waals surface area contributed by atoms with Crippen molar-refractivity contribution in [3.05, 3.63) is 35.6 Å². The van der Waals surface area contributed by atoms with E-state index < -0.39 is 0 Å². The van der Waals surface area contributed by atoms with Gasteiger partial charge in [-0.25, -0.2) is 0 Å². The van der Waals surface area contributed by atoms with Crippen LogP contribution in [0.2, 0.25) is 5.02 Å². The molecule has 2 aromatic heterocycles. The van der Waals surface area contributed by atoms with Gasteiger partial charge in [-0.3, -0.25) is 14.7 Å². The zero-order valence-electron chi connectivity index (χ0n) is 16.5. The number of morpholine rings is 1. The smallest absolute Gasteiger partial charge is 0.244 e. The summed E-state index contributed by atoms with van der Waals surface area (Å²) in [6.45, 7) is 3.75. The van der Waals surface area contributed by atoms with Crippen molar-refractivity contribution in [2.24, 2.45) is 0 Å². The van der Waals surface area contributed by atoms with E-state index in [4.69, 9.17) is 16.3 Å². The number of anilines is 1. The Bertz CT molecular complexity index is 1050. The van der Waals surface area contributed by atoms with E-state index in [9.17, 15) is 4.79 Å². The molecular formula is C21H25Cl2N5O2. The van der Waals surface area contributed by atoms with E-state index in [-0.39, 0.29) is 24.4 Å². The standard InChI is InChI=1S/C21H24ClN5O2.ClH/c22-13-8-16-15-3-5-23-10-18(15)25-20(16)17(9-13)26-21(28)19-12-29-7-6-27(19)11-14-2-1-4-24-14;/h3,5,8-10,14,19,24-25H,1-2,4,6-7,11-12H2,(H,26,28);1H/t14-,19+;/m1./s1. The molecular weight excluding hydrogens is 425 g/mol. The van der Waals surface area contributed by atoms with Gasteiger partial charge in [-0.1, -0.05) is 11.6 Å². The number of amides is 1. The fourth-order valence-electron chi connectivity index (χ4n) is 4.43. The molecule has 3 N–H and O–H groups in total. The van der Waals surface area contributed by atoms with Crippen LogP contribution in [0.4, 0.5) is 5.69 Å². The van der Waals surface area contributed by atoms with Gasteiger partial charge in [-0.05, 0) is 37.6 Å². The summed E-state index contributed by atoms with van der Waals surface area (Å²) in [4.78, 5) is 23.0. The number of hydrogen-bond donors (Lipinski definition) is 3. The second-order valence-electron chi connectivity index (χ2n) is 7.79. The lowest BCUT2D eigenvalue weighted by atomic mass is 10.1. The molecule has 1 aromatic carbocycles. The van der Waals surface area contributed by atoms with Gasteiger partial charge >= 0.3 is 0 Å². The summed E-state index contributed by atoms with van der Waals surface area (Å²) in [6, 6.07) is 5.78. The number of H-pyrrole nitrogens is 1. The number of fused-ring (bicyclic) bond motifs is 3. The van der Waals surface area contributed by atoms with Crippen LogP contribution in [0.5, 0.6) is 0 Å². The maximum absolute atomic E-state index is 13.2. The first kappa shape index (κ1) is 21.3. The summed E-state index contributed by atoms with van der Waals surface area (Å²) in [7, 11) is 0. The van der Waals surface area contributed by atoms with Gasteiger partial charge < -0.3 is 20.4 Å². The molecule has 0 spiro atoms. The third-order valence-electron chi connectivity index (χ3n) is 5.89. The number of hydrogen-bond acceptors (Lipinski definition) is 5. The minimum Gasteiger partial charge on any atom is -0.378 e. The van der Waals surface area contributed by atoms with Crippen LogP contribution in [-0.4, -0.2) is 65.7 Å². The van der Waals surface area contributed by atoms with Crippen molar-refractivity contribution in [1.29, 1.82) is 0 Å². The first-order valence-electron chi connectivity index (χ1n) is 10.1. The Hall–Kier alpha value is -1.90. The van der Waals surface area contributed by atoms with Gasteiger partial charge in [0.1, 0.15) is 6.04 Å². The van der Waals surface area contributed by atoms with Crippen LogP contribution in [-0.2, 0) is 9.53 Å². The zero-order valence-corrected chi connectivity index (χ0v) is 18.1. The number of aromatic amines is 1. The predicted octanol–water partition coefficient (Wildman–Crippen LogP) is 3.18. The topological polar surface area (TPSA) is 82.3 Å². The highest BCUT2D eigenvalue weighted by Crippen LogP contribution is 2.33. The number of aromatic nitrogens is 2. The van der Waals surface area contributed by atoms with Crippen molar-refractivity contribution in [3.63, 3.8) is 0 Å². The minimum atomic E-state index is -0.314. The van der Waals surface area contributed by atoms with E-state index >= 15 is 0 Å². The quantitative estimate of drug-likeness (QED) is 0.569. The largest absolute Gasteiger partial charge is 0.378 e. The van der Waals surface area contributed by atoms with Crippen molar-refractivity contribution in [1.82, 2.24) is 20.2 Å². The number of nitrogens with one attached hydrogen (secondary N) is 3. The Morgan fingerprint density at radius 3 is 3.10 bits per heavy atom. The molecule has 7 nitrogen and oxygen atoms in total. The first-order chi connectivity index (χ1) is 14.2. The molecule has 0 saturated carbocycles. The molecule has 1 amide bonds. The van der Waals surface area contributed by atoms with Crippen molar-refractivity contribution >= 4 is 57.4 Å². The molecule has 2 fully saturated rings. The van der Waals surface area contributed by atoms with Gasteiger partial charge in [-0.15, -0.1) is 12.4 Å². The van der Waals surface area contributed by atoms with Crippen LogP contribution in [0.15, 0.2) is 30.6 Å². The Morgan fingerprint density at radius 1 is 1.37 bits per heavy atom. The van der Waals surface area contributed by atoms with Crippen molar-refractivity contribution < 1.29 is 9.53 Å². The van der Waals surface area contributed by atoms with Gasteiger partial charge in [0.2, 0.25) is 5.91 Å². The molecule has 0 unspecified atom stereocenters. The lowest BCUT2D eigenvalue weighted by molar-refractivity contribution is -0.127. The summed E-state index contributed by atoms with van der Waals surface area (Å²) in [5.41, 5.74) is 2.44. The van der Waals surface area contributed by atoms with Crippen LogP contribution in [0.1, 0.15) is 12.8 Å². The molecule has 0 aliphatic carbocycles. The van der Waals surface area contributed by atoms with Gasteiger partial charge in [0, 0.05) is 41.1 Å². The van der Waals surface area contributed by atoms with Crippen LogP contribution in [0.25, 0.3) is 21.8 Å². The predicted molar refractivity (Wildman–Crippen MR) is 122 cm³/mol. The van der Waals surface area contributed by atoms with Gasteiger partial charge in [0.15, 0.2) is 0 Å². The number of carbonyl (C=O) groups is 1. The third-order valence-corrected chi connectivity index (χ3v) is 6.11.